The average molecular weight is 590 g/mol. The van der Waals surface area contributed by atoms with Crippen LogP contribution in [0.25, 0.3) is 56.3 Å². The number of nitrogens with zero attached hydrogens (tertiary/aromatic N) is 6. The van der Waals surface area contributed by atoms with Crippen LogP contribution in [0.5, 0.6) is 0 Å². The van der Waals surface area contributed by atoms with Crippen LogP contribution in [0.15, 0.2) is 116 Å². The van der Waals surface area contributed by atoms with Crippen molar-refractivity contribution in [3.63, 3.8) is 0 Å². The van der Waals surface area contributed by atoms with Crippen molar-refractivity contribution < 1.29 is 9.31 Å². The van der Waals surface area contributed by atoms with Crippen molar-refractivity contribution in [2.75, 3.05) is 0 Å². The zero-order chi connectivity index (χ0) is 30.8. The summed E-state index contributed by atoms with van der Waals surface area (Å²) in [6.07, 6.45) is 3.85. The van der Waals surface area contributed by atoms with Crippen molar-refractivity contribution >= 4 is 23.9 Å². The standard InChI is InChI=1S/C36H31BN6O2/c1-35(2)36(3,4)45-37(44-35)28-22-26(31-38-33-29(17-11-19-42(33)40-31)24-13-7-5-8-14-24)21-27(23-28)32-39-34-30(18-12-20-43(34)41-32)25-15-9-6-10-16-25/h5-23H,1-4H3. The smallest absolute Gasteiger partial charge is 0.399 e. The van der Waals surface area contributed by atoms with Crippen LogP contribution in [-0.2, 0) is 9.31 Å². The summed E-state index contributed by atoms with van der Waals surface area (Å²) >= 11 is 0. The summed E-state index contributed by atoms with van der Waals surface area (Å²) < 4.78 is 16.6. The van der Waals surface area contributed by atoms with Gasteiger partial charge in [0.15, 0.2) is 22.9 Å². The van der Waals surface area contributed by atoms with Gasteiger partial charge in [-0.15, -0.1) is 10.2 Å². The normalized spacial score (nSPS) is 15.7. The lowest BCUT2D eigenvalue weighted by Gasteiger charge is -2.32. The van der Waals surface area contributed by atoms with Crippen molar-refractivity contribution in [2.45, 2.75) is 38.9 Å². The fourth-order valence-corrected chi connectivity index (χ4v) is 5.77. The molecular formula is C36H31BN6O2. The molecule has 4 aromatic heterocycles. The van der Waals surface area contributed by atoms with Crippen LogP contribution in [0, 0.1) is 0 Å². The molecule has 0 N–H and O–H groups in total. The van der Waals surface area contributed by atoms with E-state index in [4.69, 9.17) is 29.5 Å². The second kappa shape index (κ2) is 10.2. The van der Waals surface area contributed by atoms with Crippen LogP contribution in [0.1, 0.15) is 27.7 Å². The van der Waals surface area contributed by atoms with Crippen molar-refractivity contribution in [2.24, 2.45) is 0 Å². The Labute approximate surface area is 261 Å². The highest BCUT2D eigenvalue weighted by atomic mass is 16.7. The fourth-order valence-electron chi connectivity index (χ4n) is 5.77. The van der Waals surface area contributed by atoms with Gasteiger partial charge >= 0.3 is 7.12 Å². The van der Waals surface area contributed by atoms with Gasteiger partial charge in [0.25, 0.3) is 0 Å². The van der Waals surface area contributed by atoms with E-state index in [0.29, 0.717) is 11.6 Å². The maximum atomic E-state index is 6.49. The third-order valence-corrected chi connectivity index (χ3v) is 8.89. The van der Waals surface area contributed by atoms with Crippen LogP contribution < -0.4 is 5.46 Å². The van der Waals surface area contributed by atoms with Gasteiger partial charge in [-0.05, 0) is 74.6 Å². The molecule has 0 spiro atoms. The molecule has 0 bridgehead atoms. The molecule has 0 amide bonds. The molecule has 220 valence electrons. The summed E-state index contributed by atoms with van der Waals surface area (Å²) in [5, 5.41) is 9.81. The maximum absolute atomic E-state index is 6.49. The first-order chi connectivity index (χ1) is 21.8. The van der Waals surface area contributed by atoms with E-state index in [1.807, 2.05) is 88.2 Å². The highest BCUT2D eigenvalue weighted by Gasteiger charge is 2.51. The molecule has 1 fully saturated rings. The quantitative estimate of drug-likeness (QED) is 0.207. The van der Waals surface area contributed by atoms with Crippen LogP contribution in [-0.4, -0.2) is 47.5 Å². The van der Waals surface area contributed by atoms with E-state index in [1.165, 1.54) is 0 Å². The zero-order valence-electron chi connectivity index (χ0n) is 25.5. The molecule has 9 heteroatoms. The van der Waals surface area contributed by atoms with Crippen molar-refractivity contribution in [3.8, 4) is 45.0 Å². The molecule has 1 aliphatic rings. The predicted octanol–water partition coefficient (Wildman–Crippen LogP) is 6.74. The SMILES string of the molecule is CC1(C)OB(c2cc(-c3nc4c(-c5ccccc5)cccn4n3)cc(-c3nc4c(-c5ccccc5)cccn4n3)c2)OC1(C)C. The molecule has 0 saturated carbocycles. The molecule has 0 radical (unpaired) electrons. The lowest BCUT2D eigenvalue weighted by molar-refractivity contribution is 0.00578. The number of benzene rings is 3. The maximum Gasteiger partial charge on any atom is 0.494 e. The van der Waals surface area contributed by atoms with Gasteiger partial charge in [0.1, 0.15) is 0 Å². The Morgan fingerprint density at radius 2 is 0.978 bits per heavy atom. The van der Waals surface area contributed by atoms with Gasteiger partial charge in [-0.25, -0.2) is 19.0 Å². The van der Waals surface area contributed by atoms with E-state index in [1.54, 1.807) is 0 Å². The molecule has 8 nitrogen and oxygen atoms in total. The highest BCUT2D eigenvalue weighted by Crippen LogP contribution is 2.37. The zero-order valence-corrected chi connectivity index (χ0v) is 25.5. The number of hydrogen-bond acceptors (Lipinski definition) is 6. The van der Waals surface area contributed by atoms with Gasteiger partial charge in [0.2, 0.25) is 0 Å². The molecule has 7 aromatic rings. The Hall–Kier alpha value is -5.12. The summed E-state index contributed by atoms with van der Waals surface area (Å²) in [4.78, 5) is 10.1. The average Bonchev–Trinajstić information content (AvgIpc) is 3.75. The van der Waals surface area contributed by atoms with Gasteiger partial charge in [-0.3, -0.25) is 0 Å². The number of hydrogen-bond donors (Lipinski definition) is 0. The van der Waals surface area contributed by atoms with Crippen molar-refractivity contribution in [3.05, 3.63) is 116 Å². The molecule has 0 atom stereocenters. The fraction of sp³-hybridized carbons (Fsp3) is 0.167. The third kappa shape index (κ3) is 4.72. The minimum Gasteiger partial charge on any atom is -0.399 e. The largest absolute Gasteiger partial charge is 0.494 e. The molecule has 5 heterocycles. The summed E-state index contributed by atoms with van der Waals surface area (Å²) in [6, 6.07) is 34.7. The Kier molecular flexibility index (Phi) is 6.23. The van der Waals surface area contributed by atoms with Gasteiger partial charge in [-0.2, -0.15) is 0 Å². The number of fused-ring (bicyclic) bond motifs is 2. The molecule has 1 aliphatic heterocycles. The lowest BCUT2D eigenvalue weighted by atomic mass is 9.77. The Morgan fingerprint density at radius 3 is 1.42 bits per heavy atom. The van der Waals surface area contributed by atoms with Crippen LogP contribution in [0.3, 0.4) is 0 Å². The van der Waals surface area contributed by atoms with E-state index >= 15 is 0 Å². The van der Waals surface area contributed by atoms with Crippen molar-refractivity contribution in [1.29, 1.82) is 0 Å². The Balaban J connectivity index is 1.29. The number of rotatable bonds is 5. The van der Waals surface area contributed by atoms with E-state index < -0.39 is 18.3 Å². The summed E-state index contributed by atoms with van der Waals surface area (Å²) in [7, 11) is -0.581. The first-order valence-corrected chi connectivity index (χ1v) is 15.1. The summed E-state index contributed by atoms with van der Waals surface area (Å²) in [5.74, 6) is 1.18. The van der Waals surface area contributed by atoms with Crippen LogP contribution >= 0.6 is 0 Å². The second-order valence-electron chi connectivity index (χ2n) is 12.4. The number of aromatic nitrogens is 6. The molecule has 0 unspecified atom stereocenters. The first kappa shape index (κ1) is 27.4. The number of pyridine rings is 2. The van der Waals surface area contributed by atoms with Gasteiger partial charge in [0.05, 0.1) is 11.2 Å². The lowest BCUT2D eigenvalue weighted by Crippen LogP contribution is -2.41. The van der Waals surface area contributed by atoms with Crippen LogP contribution in [0.2, 0.25) is 0 Å². The summed E-state index contributed by atoms with van der Waals surface area (Å²) in [6.45, 7) is 8.23. The van der Waals surface area contributed by atoms with Gasteiger partial charge < -0.3 is 9.31 Å². The second-order valence-corrected chi connectivity index (χ2v) is 12.4. The monoisotopic (exact) mass is 590 g/mol. The molecule has 45 heavy (non-hydrogen) atoms. The predicted molar refractivity (Wildman–Crippen MR) is 177 cm³/mol. The van der Waals surface area contributed by atoms with E-state index in [2.05, 4.69) is 64.1 Å². The topological polar surface area (TPSA) is 78.8 Å². The molecular weight excluding hydrogens is 559 g/mol. The first-order valence-electron chi connectivity index (χ1n) is 15.1. The molecule has 1 saturated heterocycles. The van der Waals surface area contributed by atoms with Crippen LogP contribution in [0.4, 0.5) is 0 Å². The summed E-state index contributed by atoms with van der Waals surface area (Å²) in [5.41, 5.74) is 7.24. The third-order valence-electron chi connectivity index (χ3n) is 8.89. The minimum atomic E-state index is -0.581. The Bertz CT molecular complexity index is 2040. The highest BCUT2D eigenvalue weighted by molar-refractivity contribution is 6.62. The minimum absolute atomic E-state index is 0.494. The molecule has 3 aromatic carbocycles. The van der Waals surface area contributed by atoms with Crippen molar-refractivity contribution in [1.82, 2.24) is 29.2 Å². The molecule has 8 rings (SSSR count). The van der Waals surface area contributed by atoms with E-state index in [9.17, 15) is 0 Å². The van der Waals surface area contributed by atoms with E-state index in [-0.39, 0.29) is 0 Å². The van der Waals surface area contributed by atoms with Gasteiger partial charge in [-0.1, -0.05) is 72.8 Å². The molecule has 0 aliphatic carbocycles. The van der Waals surface area contributed by atoms with E-state index in [0.717, 1.165) is 50.1 Å². The Morgan fingerprint density at radius 1 is 0.533 bits per heavy atom. The van der Waals surface area contributed by atoms with Gasteiger partial charge in [0, 0.05) is 34.6 Å².